The zero-order valence-electron chi connectivity index (χ0n) is 11.0. The standard InChI is InChI=1S/C13H16N4O2S/c18-12(14-8-10-4-3-7-19-10)9-20-13-16-15-11-5-1-2-6-17(11)13/h1-2,5-6,10H,3-4,7-9H2,(H,14,18). The SMILES string of the molecule is O=C(CSc1nnc2ccccn12)NCC1CCCO1. The second-order valence-electron chi connectivity index (χ2n) is 4.64. The molecule has 2 aromatic heterocycles. The van der Waals surface area contributed by atoms with Crippen LogP contribution in [0.3, 0.4) is 0 Å². The van der Waals surface area contributed by atoms with E-state index in [9.17, 15) is 4.79 Å². The van der Waals surface area contributed by atoms with Crippen molar-refractivity contribution >= 4 is 23.3 Å². The number of carbonyl (C=O) groups excluding carboxylic acids is 1. The van der Waals surface area contributed by atoms with Crippen LogP contribution in [0.1, 0.15) is 12.8 Å². The molecule has 6 nitrogen and oxygen atoms in total. The van der Waals surface area contributed by atoms with Gasteiger partial charge in [-0.3, -0.25) is 9.20 Å². The molecule has 0 bridgehead atoms. The minimum atomic E-state index is -0.00168. The van der Waals surface area contributed by atoms with E-state index in [1.807, 2.05) is 28.8 Å². The molecular formula is C13H16N4O2S. The Morgan fingerprint density at radius 1 is 1.50 bits per heavy atom. The van der Waals surface area contributed by atoms with Crippen LogP contribution in [0.25, 0.3) is 5.65 Å². The van der Waals surface area contributed by atoms with Crippen molar-refractivity contribution in [2.45, 2.75) is 24.1 Å². The van der Waals surface area contributed by atoms with Gasteiger partial charge in [0.15, 0.2) is 10.8 Å². The van der Waals surface area contributed by atoms with E-state index in [-0.39, 0.29) is 12.0 Å². The van der Waals surface area contributed by atoms with Crippen molar-refractivity contribution in [2.24, 2.45) is 0 Å². The predicted octanol–water partition coefficient (Wildman–Crippen LogP) is 1.12. The zero-order valence-corrected chi connectivity index (χ0v) is 11.8. The molecule has 1 unspecified atom stereocenters. The van der Waals surface area contributed by atoms with Gasteiger partial charge in [0.25, 0.3) is 0 Å². The number of ether oxygens (including phenoxy) is 1. The first-order valence-electron chi connectivity index (χ1n) is 6.64. The van der Waals surface area contributed by atoms with Gasteiger partial charge in [0.05, 0.1) is 11.9 Å². The Bertz CT molecular complexity index is 595. The molecular weight excluding hydrogens is 276 g/mol. The second kappa shape index (κ2) is 6.23. The lowest BCUT2D eigenvalue weighted by Gasteiger charge is -2.10. The van der Waals surface area contributed by atoms with Gasteiger partial charge in [-0.05, 0) is 25.0 Å². The molecule has 0 aromatic carbocycles. The van der Waals surface area contributed by atoms with Crippen molar-refractivity contribution in [3.8, 4) is 0 Å². The summed E-state index contributed by atoms with van der Waals surface area (Å²) in [4.78, 5) is 11.8. The Balaban J connectivity index is 1.49. The molecule has 3 rings (SSSR count). The lowest BCUT2D eigenvalue weighted by atomic mass is 10.2. The highest BCUT2D eigenvalue weighted by Gasteiger charge is 2.16. The fraction of sp³-hybridized carbons (Fsp3) is 0.462. The van der Waals surface area contributed by atoms with Crippen LogP contribution in [-0.2, 0) is 9.53 Å². The van der Waals surface area contributed by atoms with E-state index in [0.717, 1.165) is 30.3 Å². The monoisotopic (exact) mass is 292 g/mol. The van der Waals surface area contributed by atoms with E-state index in [1.165, 1.54) is 11.8 Å². The summed E-state index contributed by atoms with van der Waals surface area (Å²) in [6.07, 6.45) is 4.18. The maximum atomic E-state index is 11.8. The number of nitrogens with zero attached hydrogens (tertiary/aromatic N) is 3. The summed E-state index contributed by atoms with van der Waals surface area (Å²) in [6, 6.07) is 5.71. The van der Waals surface area contributed by atoms with E-state index in [0.29, 0.717) is 12.3 Å². The van der Waals surface area contributed by atoms with Crippen molar-refractivity contribution in [3.63, 3.8) is 0 Å². The predicted molar refractivity (Wildman–Crippen MR) is 75.7 cm³/mol. The molecule has 1 fully saturated rings. The first-order chi connectivity index (χ1) is 9.83. The lowest BCUT2D eigenvalue weighted by molar-refractivity contribution is -0.119. The van der Waals surface area contributed by atoms with E-state index in [1.54, 1.807) is 0 Å². The second-order valence-corrected chi connectivity index (χ2v) is 5.58. The smallest absolute Gasteiger partial charge is 0.230 e. The molecule has 7 heteroatoms. The normalized spacial score (nSPS) is 18.5. The average molecular weight is 292 g/mol. The van der Waals surface area contributed by atoms with E-state index >= 15 is 0 Å². The third-order valence-electron chi connectivity index (χ3n) is 3.17. The van der Waals surface area contributed by atoms with Crippen LogP contribution in [0.5, 0.6) is 0 Å². The highest BCUT2D eigenvalue weighted by atomic mass is 32.2. The van der Waals surface area contributed by atoms with Crippen LogP contribution < -0.4 is 5.32 Å². The molecule has 1 saturated heterocycles. The molecule has 2 aromatic rings. The highest BCUT2D eigenvalue weighted by Crippen LogP contribution is 2.16. The quantitative estimate of drug-likeness (QED) is 0.836. The number of rotatable bonds is 5. The number of thioether (sulfide) groups is 1. The molecule has 1 amide bonds. The van der Waals surface area contributed by atoms with Crippen molar-refractivity contribution in [2.75, 3.05) is 18.9 Å². The molecule has 1 aliphatic heterocycles. The molecule has 3 heterocycles. The Morgan fingerprint density at radius 2 is 2.45 bits per heavy atom. The third kappa shape index (κ3) is 3.10. The number of carbonyl (C=O) groups is 1. The third-order valence-corrected chi connectivity index (χ3v) is 4.11. The Hall–Kier alpha value is -1.60. The van der Waals surface area contributed by atoms with Gasteiger partial charge in [0.1, 0.15) is 0 Å². The van der Waals surface area contributed by atoms with Crippen LogP contribution >= 0.6 is 11.8 Å². The first kappa shape index (κ1) is 13.4. The molecule has 1 atom stereocenters. The average Bonchev–Trinajstić information content (AvgIpc) is 3.12. The maximum Gasteiger partial charge on any atom is 0.230 e. The molecule has 0 radical (unpaired) electrons. The Kier molecular flexibility index (Phi) is 4.17. The Labute approximate surface area is 120 Å². The van der Waals surface area contributed by atoms with Gasteiger partial charge in [-0.2, -0.15) is 0 Å². The van der Waals surface area contributed by atoms with Crippen LogP contribution in [0.4, 0.5) is 0 Å². The molecule has 20 heavy (non-hydrogen) atoms. The molecule has 1 N–H and O–H groups in total. The number of aromatic nitrogens is 3. The molecule has 0 aliphatic carbocycles. The van der Waals surface area contributed by atoms with E-state index in [2.05, 4.69) is 15.5 Å². The lowest BCUT2D eigenvalue weighted by Crippen LogP contribution is -2.32. The molecule has 0 spiro atoms. The van der Waals surface area contributed by atoms with Crippen molar-refractivity contribution < 1.29 is 9.53 Å². The topological polar surface area (TPSA) is 68.5 Å². The summed E-state index contributed by atoms with van der Waals surface area (Å²) in [5.41, 5.74) is 0.787. The van der Waals surface area contributed by atoms with Crippen LogP contribution in [-0.4, -0.2) is 45.5 Å². The minimum absolute atomic E-state index is 0.00168. The highest BCUT2D eigenvalue weighted by molar-refractivity contribution is 7.99. The number of amides is 1. The summed E-state index contributed by atoms with van der Waals surface area (Å²) in [5.74, 6) is 0.334. The summed E-state index contributed by atoms with van der Waals surface area (Å²) in [7, 11) is 0. The van der Waals surface area contributed by atoms with Crippen LogP contribution in [0.15, 0.2) is 29.6 Å². The van der Waals surface area contributed by atoms with Gasteiger partial charge in [-0.1, -0.05) is 17.8 Å². The van der Waals surface area contributed by atoms with E-state index in [4.69, 9.17) is 4.74 Å². The summed E-state index contributed by atoms with van der Waals surface area (Å²) in [5, 5.41) is 11.7. The molecule has 0 saturated carbocycles. The Morgan fingerprint density at radius 3 is 3.30 bits per heavy atom. The number of pyridine rings is 1. The zero-order chi connectivity index (χ0) is 13.8. The van der Waals surface area contributed by atoms with Gasteiger partial charge in [0.2, 0.25) is 5.91 Å². The van der Waals surface area contributed by atoms with Gasteiger partial charge in [-0.15, -0.1) is 10.2 Å². The van der Waals surface area contributed by atoms with Crippen LogP contribution in [0.2, 0.25) is 0 Å². The van der Waals surface area contributed by atoms with Crippen molar-refractivity contribution in [3.05, 3.63) is 24.4 Å². The van der Waals surface area contributed by atoms with Gasteiger partial charge in [0, 0.05) is 19.3 Å². The van der Waals surface area contributed by atoms with Crippen molar-refractivity contribution in [1.29, 1.82) is 0 Å². The van der Waals surface area contributed by atoms with Crippen molar-refractivity contribution in [1.82, 2.24) is 19.9 Å². The van der Waals surface area contributed by atoms with Gasteiger partial charge < -0.3 is 10.1 Å². The minimum Gasteiger partial charge on any atom is -0.376 e. The van der Waals surface area contributed by atoms with Gasteiger partial charge in [-0.25, -0.2) is 0 Å². The van der Waals surface area contributed by atoms with Crippen LogP contribution in [0, 0.1) is 0 Å². The fourth-order valence-corrected chi connectivity index (χ4v) is 2.89. The number of fused-ring (bicyclic) bond motifs is 1. The van der Waals surface area contributed by atoms with Gasteiger partial charge >= 0.3 is 0 Å². The first-order valence-corrected chi connectivity index (χ1v) is 7.62. The number of nitrogens with one attached hydrogen (secondary N) is 1. The summed E-state index contributed by atoms with van der Waals surface area (Å²) < 4.78 is 7.34. The largest absolute Gasteiger partial charge is 0.376 e. The fourth-order valence-electron chi connectivity index (χ4n) is 2.13. The molecule has 1 aliphatic rings. The number of hydrogen-bond donors (Lipinski definition) is 1. The number of hydrogen-bond acceptors (Lipinski definition) is 5. The molecule has 106 valence electrons. The summed E-state index contributed by atoms with van der Waals surface area (Å²) in [6.45, 7) is 1.40. The summed E-state index contributed by atoms with van der Waals surface area (Å²) >= 11 is 1.38. The van der Waals surface area contributed by atoms with E-state index < -0.39 is 0 Å². The maximum absolute atomic E-state index is 11.8.